The van der Waals surface area contributed by atoms with Crippen molar-refractivity contribution in [3.05, 3.63) is 60.7 Å². The highest BCUT2D eigenvalue weighted by Crippen LogP contribution is 2.36. The summed E-state index contributed by atoms with van der Waals surface area (Å²) in [6.45, 7) is 9.78. The molecule has 0 unspecified atom stereocenters. The average molecular weight is 469 g/mol. The van der Waals surface area contributed by atoms with Crippen molar-refractivity contribution < 1.29 is 9.53 Å². The maximum Gasteiger partial charge on any atom is 0.261 e. The third kappa shape index (κ3) is 8.70. The Morgan fingerprint density at radius 3 is 1.61 bits per heavy atom. The Labute approximate surface area is 204 Å². The summed E-state index contributed by atoms with van der Waals surface area (Å²) in [5.41, 5.74) is 0. The van der Waals surface area contributed by atoms with Crippen molar-refractivity contribution in [1.29, 1.82) is 0 Å². The molecule has 0 spiro atoms. The zero-order valence-electron chi connectivity index (χ0n) is 21.7. The van der Waals surface area contributed by atoms with E-state index in [9.17, 15) is 5.11 Å². The summed E-state index contributed by atoms with van der Waals surface area (Å²) in [6, 6.07) is 21.5. The van der Waals surface area contributed by atoms with Crippen molar-refractivity contribution in [3.8, 4) is 0 Å². The summed E-state index contributed by atoms with van der Waals surface area (Å²) >= 11 is 0. The van der Waals surface area contributed by atoms with Gasteiger partial charge >= 0.3 is 0 Å². The van der Waals surface area contributed by atoms with Crippen molar-refractivity contribution >= 4 is 18.7 Å². The van der Waals surface area contributed by atoms with Gasteiger partial charge in [0, 0.05) is 6.61 Å². The molecule has 0 saturated heterocycles. The number of unbranched alkanes of at least 4 members (excludes halogenated alkanes) is 8. The molecule has 33 heavy (non-hydrogen) atoms. The van der Waals surface area contributed by atoms with Crippen LogP contribution in [0.3, 0.4) is 0 Å². The molecule has 0 bridgehead atoms. The van der Waals surface area contributed by atoms with Crippen LogP contribution in [0.5, 0.6) is 0 Å². The summed E-state index contributed by atoms with van der Waals surface area (Å²) in [4.78, 5) is 0. The summed E-state index contributed by atoms with van der Waals surface area (Å²) in [5, 5.41) is 13.2. The first-order chi connectivity index (χ1) is 15.9. The standard InChI is InChI=1S/C30H48O2Si/c1-5-6-7-8-9-10-11-12-15-20-27(31)25-26-32-33(30(2,3)4,28-21-16-13-17-22-28)29-23-18-14-19-24-29/h13-14,16-19,21-24,27,31H,5-12,15,20,25-26H2,1-4H3/t27-/m1/s1. The highest BCUT2D eigenvalue weighted by atomic mass is 28.4. The maximum atomic E-state index is 10.6. The number of benzene rings is 2. The summed E-state index contributed by atoms with van der Waals surface area (Å²) < 4.78 is 6.91. The largest absolute Gasteiger partial charge is 0.407 e. The Morgan fingerprint density at radius 1 is 0.697 bits per heavy atom. The van der Waals surface area contributed by atoms with Crippen molar-refractivity contribution in [2.24, 2.45) is 0 Å². The van der Waals surface area contributed by atoms with Gasteiger partial charge in [-0.3, -0.25) is 0 Å². The third-order valence-electron chi connectivity index (χ3n) is 6.83. The third-order valence-corrected chi connectivity index (χ3v) is 11.9. The van der Waals surface area contributed by atoms with Crippen molar-refractivity contribution in [1.82, 2.24) is 0 Å². The minimum Gasteiger partial charge on any atom is -0.407 e. The number of aliphatic hydroxyl groups excluding tert-OH is 1. The molecule has 2 aromatic carbocycles. The lowest BCUT2D eigenvalue weighted by Crippen LogP contribution is -2.66. The number of hydrogen-bond donors (Lipinski definition) is 1. The predicted octanol–water partition coefficient (Wildman–Crippen LogP) is 7.23. The SMILES string of the molecule is CCCCCCCCCCC[C@@H](O)CCO[Si](c1ccccc1)(c1ccccc1)C(C)(C)C. The van der Waals surface area contributed by atoms with Gasteiger partial charge in [-0.05, 0) is 28.3 Å². The minimum absolute atomic E-state index is 0.0161. The molecule has 0 radical (unpaired) electrons. The molecular formula is C30H48O2Si. The van der Waals surface area contributed by atoms with E-state index >= 15 is 0 Å². The van der Waals surface area contributed by atoms with Gasteiger partial charge in [-0.15, -0.1) is 0 Å². The van der Waals surface area contributed by atoms with Crippen LogP contribution in [0.15, 0.2) is 60.7 Å². The molecule has 3 heteroatoms. The van der Waals surface area contributed by atoms with Crippen molar-refractivity contribution in [2.45, 2.75) is 109 Å². The zero-order chi connectivity index (χ0) is 24.0. The van der Waals surface area contributed by atoms with Crippen LogP contribution in [0.1, 0.15) is 98.3 Å². The summed E-state index contributed by atoms with van der Waals surface area (Å²) in [6.07, 6.45) is 13.2. The van der Waals surface area contributed by atoms with E-state index in [1.54, 1.807) is 0 Å². The second-order valence-electron chi connectivity index (χ2n) is 10.6. The molecule has 0 aromatic heterocycles. The Kier molecular flexibility index (Phi) is 12.4. The Bertz CT molecular complexity index is 699. The lowest BCUT2D eigenvalue weighted by molar-refractivity contribution is 0.125. The molecule has 0 aliphatic rings. The van der Waals surface area contributed by atoms with E-state index in [-0.39, 0.29) is 11.1 Å². The average Bonchev–Trinajstić information content (AvgIpc) is 2.81. The highest BCUT2D eigenvalue weighted by molar-refractivity contribution is 6.99. The first-order valence-corrected chi connectivity index (χ1v) is 15.3. The van der Waals surface area contributed by atoms with Crippen molar-refractivity contribution in [3.63, 3.8) is 0 Å². The van der Waals surface area contributed by atoms with Gasteiger partial charge in [-0.2, -0.15) is 0 Å². The molecule has 2 rings (SSSR count). The number of aliphatic hydroxyl groups is 1. The molecule has 0 fully saturated rings. The fourth-order valence-electron chi connectivity index (χ4n) is 4.94. The minimum atomic E-state index is -2.49. The Morgan fingerprint density at radius 2 is 1.15 bits per heavy atom. The van der Waals surface area contributed by atoms with E-state index in [1.165, 1.54) is 61.7 Å². The van der Waals surface area contributed by atoms with Gasteiger partial charge in [0.15, 0.2) is 0 Å². The van der Waals surface area contributed by atoms with Gasteiger partial charge < -0.3 is 9.53 Å². The van der Waals surface area contributed by atoms with Crippen LogP contribution < -0.4 is 10.4 Å². The monoisotopic (exact) mass is 468 g/mol. The smallest absolute Gasteiger partial charge is 0.261 e. The van der Waals surface area contributed by atoms with E-state index in [1.807, 2.05) is 0 Å². The normalized spacial score (nSPS) is 13.2. The first-order valence-electron chi connectivity index (χ1n) is 13.3. The first kappa shape index (κ1) is 27.8. The molecule has 0 heterocycles. The van der Waals surface area contributed by atoms with Gasteiger partial charge in [0.1, 0.15) is 0 Å². The molecule has 0 saturated carbocycles. The molecule has 1 atom stereocenters. The molecule has 1 N–H and O–H groups in total. The van der Waals surface area contributed by atoms with E-state index in [4.69, 9.17) is 4.43 Å². The second-order valence-corrected chi connectivity index (χ2v) is 14.9. The van der Waals surface area contributed by atoms with Crippen LogP contribution in [-0.2, 0) is 4.43 Å². The summed E-state index contributed by atoms with van der Waals surface area (Å²) in [7, 11) is -2.49. The van der Waals surface area contributed by atoms with Crippen LogP contribution in [0.2, 0.25) is 5.04 Å². The van der Waals surface area contributed by atoms with Gasteiger partial charge in [-0.1, -0.05) is 146 Å². The van der Waals surface area contributed by atoms with Crippen molar-refractivity contribution in [2.75, 3.05) is 6.61 Å². The topological polar surface area (TPSA) is 29.5 Å². The lowest BCUT2D eigenvalue weighted by atomic mass is 10.0. The van der Waals surface area contributed by atoms with Crippen LogP contribution in [0, 0.1) is 0 Å². The van der Waals surface area contributed by atoms with E-state index in [2.05, 4.69) is 88.4 Å². The molecule has 184 valence electrons. The Balaban J connectivity index is 1.89. The molecular weight excluding hydrogens is 420 g/mol. The van der Waals surface area contributed by atoms with Gasteiger partial charge in [-0.25, -0.2) is 0 Å². The quantitative estimate of drug-likeness (QED) is 0.208. The van der Waals surface area contributed by atoms with E-state index < -0.39 is 8.32 Å². The molecule has 2 aromatic rings. The van der Waals surface area contributed by atoms with E-state index in [0.29, 0.717) is 13.0 Å². The van der Waals surface area contributed by atoms with Gasteiger partial charge in [0.2, 0.25) is 0 Å². The fourth-order valence-corrected chi connectivity index (χ4v) is 9.52. The van der Waals surface area contributed by atoms with Crippen LogP contribution in [0.25, 0.3) is 0 Å². The van der Waals surface area contributed by atoms with Gasteiger partial charge in [0.25, 0.3) is 8.32 Å². The summed E-state index contributed by atoms with van der Waals surface area (Å²) in [5.74, 6) is 0. The van der Waals surface area contributed by atoms with Crippen LogP contribution >= 0.6 is 0 Å². The lowest BCUT2D eigenvalue weighted by Gasteiger charge is -2.43. The zero-order valence-corrected chi connectivity index (χ0v) is 22.7. The van der Waals surface area contributed by atoms with Crippen LogP contribution in [0.4, 0.5) is 0 Å². The number of rotatable bonds is 16. The van der Waals surface area contributed by atoms with Crippen LogP contribution in [-0.4, -0.2) is 26.1 Å². The fraction of sp³-hybridized carbons (Fsp3) is 0.600. The van der Waals surface area contributed by atoms with E-state index in [0.717, 1.165) is 12.8 Å². The maximum absolute atomic E-state index is 10.6. The second kappa shape index (κ2) is 14.8. The predicted molar refractivity (Wildman–Crippen MR) is 146 cm³/mol. The molecule has 0 amide bonds. The molecule has 0 aliphatic carbocycles. The molecule has 0 aliphatic heterocycles. The molecule has 2 nitrogen and oxygen atoms in total. The van der Waals surface area contributed by atoms with Gasteiger partial charge in [0.05, 0.1) is 6.10 Å². The Hall–Kier alpha value is -1.42. The number of hydrogen-bond acceptors (Lipinski definition) is 2. The highest BCUT2D eigenvalue weighted by Gasteiger charge is 2.50.